The molecule has 4 N–H and O–H groups in total. The van der Waals surface area contributed by atoms with E-state index in [-0.39, 0.29) is 5.54 Å². The van der Waals surface area contributed by atoms with Crippen molar-refractivity contribution < 1.29 is 0 Å². The number of anilines is 1. The molecule has 0 atom stereocenters. The Bertz CT molecular complexity index is 336. The zero-order chi connectivity index (χ0) is 9.64. The van der Waals surface area contributed by atoms with Crippen molar-refractivity contribution in [2.75, 3.05) is 5.73 Å². The molecule has 13 heavy (non-hydrogen) atoms. The Kier molecular flexibility index (Phi) is 1.95. The van der Waals surface area contributed by atoms with Gasteiger partial charge in [0.25, 0.3) is 0 Å². The lowest BCUT2D eigenvalue weighted by atomic mass is 10.1. The third kappa shape index (κ3) is 1.50. The number of nitrogens with two attached hydrogens (primary N) is 2. The van der Waals surface area contributed by atoms with Crippen LogP contribution in [0.5, 0.6) is 0 Å². The maximum absolute atomic E-state index is 6.00. The molecule has 1 fully saturated rings. The molecule has 0 bridgehead atoms. The molecule has 0 spiro atoms. The van der Waals surface area contributed by atoms with Gasteiger partial charge in [0.1, 0.15) is 0 Å². The lowest BCUT2D eigenvalue weighted by molar-refractivity contribution is 0.740. The molecule has 2 nitrogen and oxygen atoms in total. The van der Waals surface area contributed by atoms with Gasteiger partial charge in [0.05, 0.1) is 15.7 Å². The molecule has 1 aliphatic carbocycles. The second-order valence-electron chi connectivity index (χ2n) is 3.51. The van der Waals surface area contributed by atoms with Crippen LogP contribution in [0.4, 0.5) is 5.69 Å². The molecule has 1 aliphatic rings. The Hall–Kier alpha value is -0.440. The van der Waals surface area contributed by atoms with Gasteiger partial charge in [-0.05, 0) is 30.5 Å². The summed E-state index contributed by atoms with van der Waals surface area (Å²) < 4.78 is 0. The molecule has 0 aromatic heterocycles. The number of hydrogen-bond acceptors (Lipinski definition) is 2. The molecule has 0 unspecified atom stereocenters. The third-order valence-corrected chi connectivity index (χ3v) is 3.07. The summed E-state index contributed by atoms with van der Waals surface area (Å²) >= 11 is 11.8. The lowest BCUT2D eigenvalue weighted by Crippen LogP contribution is -2.18. The van der Waals surface area contributed by atoms with Gasteiger partial charge in [0, 0.05) is 5.54 Å². The van der Waals surface area contributed by atoms with Crippen LogP contribution in [0.25, 0.3) is 0 Å². The summed E-state index contributed by atoms with van der Waals surface area (Å²) in [6.45, 7) is 0. The first kappa shape index (κ1) is 9.13. The number of nitrogen functional groups attached to an aromatic ring is 1. The Morgan fingerprint density at radius 3 is 2.00 bits per heavy atom. The summed E-state index contributed by atoms with van der Waals surface area (Å²) in [6, 6.07) is 3.60. The average Bonchev–Trinajstić information content (AvgIpc) is 2.80. The second-order valence-corrected chi connectivity index (χ2v) is 4.32. The van der Waals surface area contributed by atoms with Crippen LogP contribution in [0, 0.1) is 0 Å². The fraction of sp³-hybridized carbons (Fsp3) is 0.333. The molecular weight excluding hydrogens is 207 g/mol. The minimum Gasteiger partial charge on any atom is -0.396 e. The zero-order valence-corrected chi connectivity index (χ0v) is 8.49. The number of rotatable bonds is 1. The molecule has 0 radical (unpaired) electrons. The molecule has 0 amide bonds. The van der Waals surface area contributed by atoms with E-state index in [4.69, 9.17) is 34.7 Å². The van der Waals surface area contributed by atoms with Crippen molar-refractivity contribution in [3.63, 3.8) is 0 Å². The quantitative estimate of drug-likeness (QED) is 0.710. The van der Waals surface area contributed by atoms with Crippen LogP contribution in [0.2, 0.25) is 10.0 Å². The van der Waals surface area contributed by atoms with Gasteiger partial charge in [-0.1, -0.05) is 23.2 Å². The van der Waals surface area contributed by atoms with Crippen LogP contribution in [0.15, 0.2) is 12.1 Å². The summed E-state index contributed by atoms with van der Waals surface area (Å²) in [6.07, 6.45) is 1.98. The molecule has 0 heterocycles. The predicted molar refractivity (Wildman–Crippen MR) is 56.0 cm³/mol. The van der Waals surface area contributed by atoms with Gasteiger partial charge in [0.15, 0.2) is 0 Å². The highest BCUT2D eigenvalue weighted by atomic mass is 35.5. The van der Waals surface area contributed by atoms with E-state index in [2.05, 4.69) is 0 Å². The normalized spacial score (nSPS) is 18.7. The Balaban J connectivity index is 2.50. The fourth-order valence-corrected chi connectivity index (χ4v) is 1.78. The van der Waals surface area contributed by atoms with Crippen molar-refractivity contribution in [2.24, 2.45) is 5.73 Å². The van der Waals surface area contributed by atoms with Crippen LogP contribution < -0.4 is 11.5 Å². The van der Waals surface area contributed by atoms with Crippen molar-refractivity contribution in [1.29, 1.82) is 0 Å². The highest BCUT2D eigenvalue weighted by Crippen LogP contribution is 2.45. The highest BCUT2D eigenvalue weighted by Gasteiger charge is 2.40. The van der Waals surface area contributed by atoms with Crippen molar-refractivity contribution in [3.8, 4) is 0 Å². The van der Waals surface area contributed by atoms with Crippen LogP contribution >= 0.6 is 23.2 Å². The Morgan fingerprint density at radius 2 is 1.62 bits per heavy atom. The monoisotopic (exact) mass is 216 g/mol. The summed E-state index contributed by atoms with van der Waals surface area (Å²) in [5.74, 6) is 0. The fourth-order valence-electron chi connectivity index (χ4n) is 1.30. The van der Waals surface area contributed by atoms with Crippen LogP contribution in [0.3, 0.4) is 0 Å². The average molecular weight is 217 g/mol. The van der Waals surface area contributed by atoms with Gasteiger partial charge in [-0.2, -0.15) is 0 Å². The molecule has 1 aromatic rings. The summed E-state index contributed by atoms with van der Waals surface area (Å²) in [4.78, 5) is 0. The minimum atomic E-state index is -0.207. The maximum Gasteiger partial charge on any atom is 0.0693 e. The lowest BCUT2D eigenvalue weighted by Gasteiger charge is -2.11. The van der Waals surface area contributed by atoms with Crippen molar-refractivity contribution >= 4 is 28.9 Å². The first-order valence-corrected chi connectivity index (χ1v) is 4.82. The Labute approximate surface area is 86.8 Å². The van der Waals surface area contributed by atoms with Gasteiger partial charge in [0.2, 0.25) is 0 Å². The summed E-state index contributed by atoms with van der Waals surface area (Å²) in [5, 5.41) is 0.971. The van der Waals surface area contributed by atoms with Crippen LogP contribution in [-0.2, 0) is 5.54 Å². The van der Waals surface area contributed by atoms with Gasteiger partial charge in [-0.15, -0.1) is 0 Å². The molecule has 1 aromatic carbocycles. The van der Waals surface area contributed by atoms with Crippen molar-refractivity contribution in [3.05, 3.63) is 27.7 Å². The molecule has 4 heteroatoms. The van der Waals surface area contributed by atoms with E-state index in [1.165, 1.54) is 0 Å². The second kappa shape index (κ2) is 2.77. The molecule has 2 rings (SSSR count). The van der Waals surface area contributed by atoms with E-state index >= 15 is 0 Å². The van der Waals surface area contributed by atoms with E-state index in [9.17, 15) is 0 Å². The van der Waals surface area contributed by atoms with Crippen molar-refractivity contribution in [1.82, 2.24) is 0 Å². The minimum absolute atomic E-state index is 0.207. The molecule has 1 saturated carbocycles. The zero-order valence-electron chi connectivity index (χ0n) is 6.98. The smallest absolute Gasteiger partial charge is 0.0693 e. The van der Waals surface area contributed by atoms with E-state index in [0.717, 1.165) is 18.4 Å². The van der Waals surface area contributed by atoms with E-state index in [1.807, 2.05) is 0 Å². The largest absolute Gasteiger partial charge is 0.396 e. The van der Waals surface area contributed by atoms with E-state index in [0.29, 0.717) is 15.7 Å². The highest BCUT2D eigenvalue weighted by molar-refractivity contribution is 6.38. The van der Waals surface area contributed by atoms with Crippen LogP contribution in [0.1, 0.15) is 18.4 Å². The van der Waals surface area contributed by atoms with Gasteiger partial charge >= 0.3 is 0 Å². The molecular formula is C9H10Cl2N2. The molecule has 0 saturated heterocycles. The van der Waals surface area contributed by atoms with E-state index in [1.54, 1.807) is 12.1 Å². The SMILES string of the molecule is Nc1c(Cl)cc(C2(N)CC2)cc1Cl. The maximum atomic E-state index is 6.00. The van der Waals surface area contributed by atoms with Crippen molar-refractivity contribution in [2.45, 2.75) is 18.4 Å². The van der Waals surface area contributed by atoms with Gasteiger partial charge in [-0.3, -0.25) is 0 Å². The first-order valence-electron chi connectivity index (χ1n) is 4.07. The molecule has 70 valence electrons. The standard InChI is InChI=1S/C9H10Cl2N2/c10-6-3-5(9(13)1-2-9)4-7(11)8(6)12/h3-4H,1-2,12-13H2. The number of benzene rings is 1. The predicted octanol–water partition coefficient (Wildman–Crippen LogP) is 2.52. The molecule has 0 aliphatic heterocycles. The van der Waals surface area contributed by atoms with Crippen LogP contribution in [-0.4, -0.2) is 0 Å². The topological polar surface area (TPSA) is 52.0 Å². The third-order valence-electron chi connectivity index (χ3n) is 2.44. The van der Waals surface area contributed by atoms with E-state index < -0.39 is 0 Å². The Morgan fingerprint density at radius 1 is 1.15 bits per heavy atom. The summed E-state index contributed by atoms with van der Waals surface area (Å²) in [7, 11) is 0. The number of halogens is 2. The number of hydrogen-bond donors (Lipinski definition) is 2. The first-order chi connectivity index (χ1) is 6.03. The van der Waals surface area contributed by atoms with Gasteiger partial charge in [-0.25, -0.2) is 0 Å². The van der Waals surface area contributed by atoms with Gasteiger partial charge < -0.3 is 11.5 Å². The summed E-state index contributed by atoms with van der Waals surface area (Å²) in [5.41, 5.74) is 12.8.